The Kier molecular flexibility index (Phi) is 4.92. The molecule has 2 aromatic rings. The van der Waals surface area contributed by atoms with E-state index in [0.717, 1.165) is 61.4 Å². The summed E-state index contributed by atoms with van der Waals surface area (Å²) in [5.41, 5.74) is 2.05. The Morgan fingerprint density at radius 3 is 2.85 bits per heavy atom. The van der Waals surface area contributed by atoms with Crippen LogP contribution >= 0.6 is 0 Å². The first kappa shape index (κ1) is 16.7. The SMILES string of the molecule is CN=C(NCc1cccc2c1OCO2)N1CCN(Cc2ccon2)CC1. The fourth-order valence-electron chi connectivity index (χ4n) is 3.30. The van der Waals surface area contributed by atoms with Crippen LogP contribution in [0.3, 0.4) is 0 Å². The molecule has 0 unspecified atom stereocenters. The van der Waals surface area contributed by atoms with Gasteiger partial charge in [-0.2, -0.15) is 0 Å². The third-order valence-electron chi connectivity index (χ3n) is 4.68. The first-order valence-corrected chi connectivity index (χ1v) is 8.78. The maximum absolute atomic E-state index is 5.57. The molecule has 0 spiro atoms. The van der Waals surface area contributed by atoms with Crippen molar-refractivity contribution in [3.63, 3.8) is 0 Å². The predicted octanol–water partition coefficient (Wildman–Crippen LogP) is 1.30. The molecule has 2 aliphatic heterocycles. The van der Waals surface area contributed by atoms with Crippen LogP contribution in [0.15, 0.2) is 40.0 Å². The number of hydrogen-bond donors (Lipinski definition) is 1. The first-order chi connectivity index (χ1) is 12.8. The topological polar surface area (TPSA) is 75.4 Å². The van der Waals surface area contributed by atoms with Gasteiger partial charge in [-0.3, -0.25) is 9.89 Å². The van der Waals surface area contributed by atoms with E-state index in [1.54, 1.807) is 6.26 Å². The number of para-hydroxylation sites is 1. The van der Waals surface area contributed by atoms with Gasteiger partial charge in [0.15, 0.2) is 17.5 Å². The fourth-order valence-corrected chi connectivity index (χ4v) is 3.30. The first-order valence-electron chi connectivity index (χ1n) is 8.78. The Balaban J connectivity index is 1.31. The van der Waals surface area contributed by atoms with Crippen molar-refractivity contribution < 1.29 is 14.0 Å². The van der Waals surface area contributed by atoms with Gasteiger partial charge < -0.3 is 24.2 Å². The number of aliphatic imine (C=N–C) groups is 1. The summed E-state index contributed by atoms with van der Waals surface area (Å²) in [6.07, 6.45) is 1.62. The molecule has 0 aliphatic carbocycles. The number of nitrogens with one attached hydrogen (secondary N) is 1. The Bertz CT molecular complexity index is 754. The zero-order chi connectivity index (χ0) is 17.8. The van der Waals surface area contributed by atoms with Crippen LogP contribution in [0.4, 0.5) is 0 Å². The van der Waals surface area contributed by atoms with Crippen molar-refractivity contribution in [3.8, 4) is 11.5 Å². The zero-order valence-corrected chi connectivity index (χ0v) is 14.9. The van der Waals surface area contributed by atoms with E-state index in [4.69, 9.17) is 14.0 Å². The van der Waals surface area contributed by atoms with E-state index < -0.39 is 0 Å². The molecule has 0 atom stereocenters. The number of nitrogens with zero attached hydrogens (tertiary/aromatic N) is 4. The molecule has 8 nitrogen and oxygen atoms in total. The number of hydrogen-bond acceptors (Lipinski definition) is 6. The van der Waals surface area contributed by atoms with Gasteiger partial charge in [0, 0.05) is 57.9 Å². The molecular weight excluding hydrogens is 334 g/mol. The van der Waals surface area contributed by atoms with Crippen LogP contribution in [-0.4, -0.2) is 60.9 Å². The van der Waals surface area contributed by atoms with Crippen LogP contribution in [0.5, 0.6) is 11.5 Å². The summed E-state index contributed by atoms with van der Waals surface area (Å²) in [5.74, 6) is 2.54. The molecular formula is C18H23N5O3. The minimum atomic E-state index is 0.286. The van der Waals surface area contributed by atoms with Crippen LogP contribution in [-0.2, 0) is 13.1 Å². The summed E-state index contributed by atoms with van der Waals surface area (Å²) >= 11 is 0. The van der Waals surface area contributed by atoms with Crippen molar-refractivity contribution in [1.82, 2.24) is 20.3 Å². The molecule has 1 saturated heterocycles. The maximum atomic E-state index is 5.57. The number of ether oxygens (including phenoxy) is 2. The Morgan fingerprint density at radius 2 is 2.08 bits per heavy atom. The van der Waals surface area contributed by atoms with Gasteiger partial charge >= 0.3 is 0 Å². The van der Waals surface area contributed by atoms with E-state index in [-0.39, 0.29) is 6.79 Å². The lowest BCUT2D eigenvalue weighted by Gasteiger charge is -2.36. The van der Waals surface area contributed by atoms with Gasteiger partial charge in [0.2, 0.25) is 6.79 Å². The molecule has 1 aromatic heterocycles. The average Bonchev–Trinajstić information content (AvgIpc) is 3.35. The minimum absolute atomic E-state index is 0.286. The molecule has 1 fully saturated rings. The van der Waals surface area contributed by atoms with Crippen LogP contribution in [0, 0.1) is 0 Å². The molecule has 26 heavy (non-hydrogen) atoms. The van der Waals surface area contributed by atoms with E-state index in [1.807, 2.05) is 31.3 Å². The van der Waals surface area contributed by atoms with Gasteiger partial charge in [-0.15, -0.1) is 0 Å². The lowest BCUT2D eigenvalue weighted by molar-refractivity contribution is 0.168. The molecule has 8 heteroatoms. The summed E-state index contributed by atoms with van der Waals surface area (Å²) in [6.45, 7) is 5.53. The Morgan fingerprint density at radius 1 is 1.19 bits per heavy atom. The second-order valence-corrected chi connectivity index (χ2v) is 6.31. The third-order valence-corrected chi connectivity index (χ3v) is 4.68. The molecule has 4 rings (SSSR count). The summed E-state index contributed by atoms with van der Waals surface area (Å²) in [7, 11) is 1.82. The summed E-state index contributed by atoms with van der Waals surface area (Å²) < 4.78 is 15.9. The lowest BCUT2D eigenvalue weighted by Crippen LogP contribution is -2.52. The van der Waals surface area contributed by atoms with Crippen molar-refractivity contribution in [3.05, 3.63) is 41.8 Å². The van der Waals surface area contributed by atoms with Crippen molar-refractivity contribution in [1.29, 1.82) is 0 Å². The maximum Gasteiger partial charge on any atom is 0.231 e. The minimum Gasteiger partial charge on any atom is -0.454 e. The van der Waals surface area contributed by atoms with Crippen LogP contribution < -0.4 is 14.8 Å². The van der Waals surface area contributed by atoms with Crippen LogP contribution in [0.25, 0.3) is 0 Å². The van der Waals surface area contributed by atoms with E-state index in [2.05, 4.69) is 25.3 Å². The van der Waals surface area contributed by atoms with E-state index in [9.17, 15) is 0 Å². The Labute approximate surface area is 152 Å². The molecule has 138 valence electrons. The molecule has 1 aromatic carbocycles. The van der Waals surface area contributed by atoms with E-state index in [1.165, 1.54) is 0 Å². The molecule has 2 aliphatic rings. The van der Waals surface area contributed by atoms with Crippen molar-refractivity contribution in [2.75, 3.05) is 40.0 Å². The normalized spacial score (nSPS) is 17.6. The van der Waals surface area contributed by atoms with Crippen molar-refractivity contribution >= 4 is 5.96 Å². The largest absolute Gasteiger partial charge is 0.454 e. The summed E-state index contributed by atoms with van der Waals surface area (Å²) in [6, 6.07) is 7.87. The quantitative estimate of drug-likeness (QED) is 0.653. The fraction of sp³-hybridized carbons (Fsp3) is 0.444. The lowest BCUT2D eigenvalue weighted by atomic mass is 10.2. The highest BCUT2D eigenvalue weighted by molar-refractivity contribution is 5.80. The van der Waals surface area contributed by atoms with Gasteiger partial charge in [-0.25, -0.2) is 0 Å². The number of guanidine groups is 1. The van der Waals surface area contributed by atoms with Gasteiger partial charge in [0.1, 0.15) is 6.26 Å². The van der Waals surface area contributed by atoms with E-state index in [0.29, 0.717) is 6.54 Å². The van der Waals surface area contributed by atoms with Crippen molar-refractivity contribution in [2.45, 2.75) is 13.1 Å². The summed E-state index contributed by atoms with van der Waals surface area (Å²) in [4.78, 5) is 9.08. The Hall–Kier alpha value is -2.74. The molecule has 0 bridgehead atoms. The predicted molar refractivity (Wildman–Crippen MR) is 96.1 cm³/mol. The molecule has 0 saturated carbocycles. The van der Waals surface area contributed by atoms with Crippen molar-refractivity contribution in [2.24, 2.45) is 4.99 Å². The number of rotatable bonds is 4. The van der Waals surface area contributed by atoms with Gasteiger partial charge in [0.05, 0.1) is 5.69 Å². The highest BCUT2D eigenvalue weighted by atomic mass is 16.7. The number of piperazine rings is 1. The van der Waals surface area contributed by atoms with Gasteiger partial charge in [0.25, 0.3) is 0 Å². The van der Waals surface area contributed by atoms with Crippen LogP contribution in [0.2, 0.25) is 0 Å². The highest BCUT2D eigenvalue weighted by Crippen LogP contribution is 2.35. The van der Waals surface area contributed by atoms with Crippen LogP contribution in [0.1, 0.15) is 11.3 Å². The highest BCUT2D eigenvalue weighted by Gasteiger charge is 2.21. The third kappa shape index (κ3) is 3.60. The van der Waals surface area contributed by atoms with Gasteiger partial charge in [-0.1, -0.05) is 17.3 Å². The van der Waals surface area contributed by atoms with Gasteiger partial charge in [-0.05, 0) is 6.07 Å². The average molecular weight is 357 g/mol. The monoisotopic (exact) mass is 357 g/mol. The molecule has 3 heterocycles. The second kappa shape index (κ2) is 7.65. The zero-order valence-electron chi connectivity index (χ0n) is 14.9. The molecule has 0 radical (unpaired) electrons. The summed E-state index contributed by atoms with van der Waals surface area (Å²) in [5, 5.41) is 7.42. The molecule has 1 N–H and O–H groups in total. The number of fused-ring (bicyclic) bond motifs is 1. The van der Waals surface area contributed by atoms with E-state index >= 15 is 0 Å². The number of benzene rings is 1. The smallest absolute Gasteiger partial charge is 0.231 e. The molecule has 0 amide bonds. The number of aromatic nitrogens is 1. The standard InChI is InChI=1S/C18H23N5O3/c1-19-18(20-11-14-3-2-4-16-17(14)25-13-24-16)23-8-6-22(7-9-23)12-15-5-10-26-21-15/h2-5,10H,6-9,11-13H2,1H3,(H,19,20). The second-order valence-electron chi connectivity index (χ2n) is 6.31.